The van der Waals surface area contributed by atoms with Gasteiger partial charge in [0.25, 0.3) is 0 Å². The number of benzene rings is 2. The predicted octanol–water partition coefficient (Wildman–Crippen LogP) is 4.78. The Labute approximate surface area is 127 Å². The smallest absolute Gasteiger partial charge is 0.185 e. The molecule has 3 heteroatoms. The number of carbonyl (C=O) groups excluding carboxylic acids is 1. The van der Waals surface area contributed by atoms with Crippen molar-refractivity contribution in [1.82, 2.24) is 0 Å². The Morgan fingerprint density at radius 2 is 1.85 bits per heavy atom. The van der Waals surface area contributed by atoms with E-state index in [0.29, 0.717) is 5.56 Å². The van der Waals surface area contributed by atoms with Gasteiger partial charge in [-0.25, -0.2) is 0 Å². The molecule has 2 aromatic carbocycles. The van der Waals surface area contributed by atoms with Gasteiger partial charge in [-0.05, 0) is 55.0 Å². The number of halogens is 1. The van der Waals surface area contributed by atoms with E-state index in [1.807, 2.05) is 61.5 Å². The first kappa shape index (κ1) is 14.5. The molecule has 1 N–H and O–H groups in total. The zero-order chi connectivity index (χ0) is 14.4. The lowest BCUT2D eigenvalue weighted by Gasteiger charge is -2.03. The Balaban J connectivity index is 2.10. The Morgan fingerprint density at radius 3 is 2.50 bits per heavy atom. The molecular formula is C17H16BrNO. The Bertz CT molecular complexity index is 617. The molecule has 0 atom stereocenters. The van der Waals surface area contributed by atoms with E-state index < -0.39 is 0 Å². The fourth-order valence-electron chi connectivity index (χ4n) is 1.83. The molecule has 0 aliphatic carbocycles. The summed E-state index contributed by atoms with van der Waals surface area (Å²) >= 11 is 3.46. The number of hydrogen-bond acceptors (Lipinski definition) is 2. The van der Waals surface area contributed by atoms with E-state index in [0.717, 1.165) is 22.3 Å². The number of ketones is 1. The van der Waals surface area contributed by atoms with Crippen LogP contribution in [0.2, 0.25) is 0 Å². The quantitative estimate of drug-likeness (QED) is 0.632. The van der Waals surface area contributed by atoms with Crippen molar-refractivity contribution in [2.75, 3.05) is 11.9 Å². The first-order valence-corrected chi connectivity index (χ1v) is 7.31. The minimum absolute atomic E-state index is 0.00352. The largest absolute Gasteiger partial charge is 0.385 e. The summed E-state index contributed by atoms with van der Waals surface area (Å²) in [5.74, 6) is 0.00352. The molecule has 0 aliphatic heterocycles. The summed E-state index contributed by atoms with van der Waals surface area (Å²) in [6.07, 6.45) is 3.42. The SMILES string of the molecule is CCNc1ccc(C(=O)/C=C/c2ccccc2Br)cc1. The number of hydrogen-bond donors (Lipinski definition) is 1. The maximum absolute atomic E-state index is 12.1. The average molecular weight is 330 g/mol. The van der Waals surface area contributed by atoms with Crippen LogP contribution in [0.5, 0.6) is 0 Å². The molecule has 2 nitrogen and oxygen atoms in total. The second kappa shape index (κ2) is 7.06. The van der Waals surface area contributed by atoms with Crippen molar-refractivity contribution < 1.29 is 4.79 Å². The van der Waals surface area contributed by atoms with Gasteiger partial charge in [0.2, 0.25) is 0 Å². The molecular weight excluding hydrogens is 314 g/mol. The van der Waals surface area contributed by atoms with Crippen molar-refractivity contribution in [2.24, 2.45) is 0 Å². The van der Waals surface area contributed by atoms with Crippen LogP contribution in [-0.4, -0.2) is 12.3 Å². The molecule has 0 amide bonds. The van der Waals surface area contributed by atoms with Crippen molar-refractivity contribution in [2.45, 2.75) is 6.92 Å². The second-order valence-corrected chi connectivity index (χ2v) is 5.18. The summed E-state index contributed by atoms with van der Waals surface area (Å²) in [7, 11) is 0. The van der Waals surface area contributed by atoms with E-state index in [4.69, 9.17) is 0 Å². The van der Waals surface area contributed by atoms with Crippen molar-refractivity contribution in [3.8, 4) is 0 Å². The lowest BCUT2D eigenvalue weighted by molar-refractivity contribution is 0.104. The van der Waals surface area contributed by atoms with E-state index >= 15 is 0 Å². The molecule has 2 aromatic rings. The van der Waals surface area contributed by atoms with Gasteiger partial charge in [0.05, 0.1) is 0 Å². The molecule has 0 radical (unpaired) electrons. The van der Waals surface area contributed by atoms with Crippen LogP contribution in [0.15, 0.2) is 59.1 Å². The third kappa shape index (κ3) is 3.81. The highest BCUT2D eigenvalue weighted by molar-refractivity contribution is 9.10. The molecule has 0 heterocycles. The zero-order valence-corrected chi connectivity index (χ0v) is 12.9. The number of anilines is 1. The predicted molar refractivity (Wildman–Crippen MR) is 88.1 cm³/mol. The van der Waals surface area contributed by atoms with Gasteiger partial charge in [-0.2, -0.15) is 0 Å². The van der Waals surface area contributed by atoms with E-state index in [2.05, 4.69) is 21.2 Å². The molecule has 0 spiro atoms. The molecule has 0 bridgehead atoms. The fraction of sp³-hybridized carbons (Fsp3) is 0.118. The Morgan fingerprint density at radius 1 is 1.15 bits per heavy atom. The minimum atomic E-state index is 0.00352. The van der Waals surface area contributed by atoms with Crippen molar-refractivity contribution >= 4 is 33.5 Å². The van der Waals surface area contributed by atoms with Crippen LogP contribution in [0.1, 0.15) is 22.8 Å². The number of allylic oxidation sites excluding steroid dienone is 1. The summed E-state index contributed by atoms with van der Waals surface area (Å²) in [5, 5.41) is 3.20. The van der Waals surface area contributed by atoms with Gasteiger partial charge in [-0.15, -0.1) is 0 Å². The van der Waals surface area contributed by atoms with Gasteiger partial charge in [-0.3, -0.25) is 4.79 Å². The standard InChI is InChI=1S/C17H16BrNO/c1-2-19-15-10-7-14(8-11-15)17(20)12-9-13-5-3-4-6-16(13)18/h3-12,19H,2H2,1H3/b12-9+. The first-order chi connectivity index (χ1) is 9.70. The lowest BCUT2D eigenvalue weighted by atomic mass is 10.1. The maximum Gasteiger partial charge on any atom is 0.185 e. The topological polar surface area (TPSA) is 29.1 Å². The van der Waals surface area contributed by atoms with Gasteiger partial charge >= 0.3 is 0 Å². The highest BCUT2D eigenvalue weighted by atomic mass is 79.9. The van der Waals surface area contributed by atoms with E-state index in [-0.39, 0.29) is 5.78 Å². The molecule has 0 unspecified atom stereocenters. The molecule has 0 fully saturated rings. The summed E-state index contributed by atoms with van der Waals surface area (Å²) in [5.41, 5.74) is 2.71. The summed E-state index contributed by atoms with van der Waals surface area (Å²) in [6.45, 7) is 2.91. The van der Waals surface area contributed by atoms with Crippen LogP contribution in [0.4, 0.5) is 5.69 Å². The van der Waals surface area contributed by atoms with Crippen LogP contribution in [0.3, 0.4) is 0 Å². The summed E-state index contributed by atoms with van der Waals surface area (Å²) in [4.78, 5) is 12.1. The van der Waals surface area contributed by atoms with Crippen LogP contribution in [-0.2, 0) is 0 Å². The molecule has 0 saturated carbocycles. The molecule has 0 aromatic heterocycles. The summed E-state index contributed by atoms with van der Waals surface area (Å²) < 4.78 is 0.978. The van der Waals surface area contributed by atoms with Crippen molar-refractivity contribution in [3.05, 3.63) is 70.2 Å². The second-order valence-electron chi connectivity index (χ2n) is 4.33. The molecule has 2 rings (SSSR count). The molecule has 0 saturated heterocycles. The van der Waals surface area contributed by atoms with Crippen LogP contribution >= 0.6 is 15.9 Å². The van der Waals surface area contributed by atoms with Crippen LogP contribution < -0.4 is 5.32 Å². The molecule has 102 valence electrons. The third-order valence-electron chi connectivity index (χ3n) is 2.87. The Hall–Kier alpha value is -1.87. The maximum atomic E-state index is 12.1. The van der Waals surface area contributed by atoms with Gasteiger partial charge in [0.1, 0.15) is 0 Å². The van der Waals surface area contributed by atoms with Gasteiger partial charge in [-0.1, -0.05) is 34.1 Å². The average Bonchev–Trinajstić information content (AvgIpc) is 2.47. The number of carbonyl (C=O) groups is 1. The minimum Gasteiger partial charge on any atom is -0.385 e. The normalized spacial score (nSPS) is 10.7. The lowest BCUT2D eigenvalue weighted by Crippen LogP contribution is -1.98. The highest BCUT2D eigenvalue weighted by Gasteiger charge is 2.02. The van der Waals surface area contributed by atoms with E-state index in [9.17, 15) is 4.79 Å². The van der Waals surface area contributed by atoms with Crippen LogP contribution in [0, 0.1) is 0 Å². The van der Waals surface area contributed by atoms with Gasteiger partial charge < -0.3 is 5.32 Å². The van der Waals surface area contributed by atoms with Gasteiger partial charge in [0.15, 0.2) is 5.78 Å². The Kier molecular flexibility index (Phi) is 5.13. The van der Waals surface area contributed by atoms with Crippen molar-refractivity contribution in [3.63, 3.8) is 0 Å². The monoisotopic (exact) mass is 329 g/mol. The first-order valence-electron chi connectivity index (χ1n) is 6.51. The van der Waals surface area contributed by atoms with Crippen molar-refractivity contribution in [1.29, 1.82) is 0 Å². The molecule has 20 heavy (non-hydrogen) atoms. The highest BCUT2D eigenvalue weighted by Crippen LogP contribution is 2.18. The van der Waals surface area contributed by atoms with E-state index in [1.54, 1.807) is 6.08 Å². The number of nitrogens with one attached hydrogen (secondary N) is 1. The zero-order valence-electron chi connectivity index (χ0n) is 11.3. The third-order valence-corrected chi connectivity index (χ3v) is 3.59. The molecule has 0 aliphatic rings. The van der Waals surface area contributed by atoms with Gasteiger partial charge in [0, 0.05) is 22.3 Å². The summed E-state index contributed by atoms with van der Waals surface area (Å²) in [6, 6.07) is 15.3. The van der Waals surface area contributed by atoms with Crippen LogP contribution in [0.25, 0.3) is 6.08 Å². The number of rotatable bonds is 5. The fourth-order valence-corrected chi connectivity index (χ4v) is 2.25. The van der Waals surface area contributed by atoms with E-state index in [1.165, 1.54) is 0 Å².